The van der Waals surface area contributed by atoms with Crippen LogP contribution >= 0.6 is 15.9 Å². The van der Waals surface area contributed by atoms with E-state index in [0.29, 0.717) is 5.69 Å². The van der Waals surface area contributed by atoms with Gasteiger partial charge >= 0.3 is 0 Å². The molecule has 2 N–H and O–H groups in total. The van der Waals surface area contributed by atoms with Crippen molar-refractivity contribution in [2.24, 2.45) is 0 Å². The molecule has 0 aromatic heterocycles. The van der Waals surface area contributed by atoms with Gasteiger partial charge in [-0.1, -0.05) is 46.3 Å². The SMILES string of the molecule is Nc1c([N+](=O)[O-])cc(Br)c2c1CCN(CCc1ccccc1)C2. The minimum atomic E-state index is -0.415. The van der Waals surface area contributed by atoms with Crippen LogP contribution in [0.4, 0.5) is 11.4 Å². The van der Waals surface area contributed by atoms with Crippen LogP contribution in [0.25, 0.3) is 0 Å². The molecule has 2 aromatic rings. The molecular weight excluding hydrogens is 358 g/mol. The molecule has 0 unspecified atom stereocenters. The standard InChI is InChI=1S/C17H18BrN3O2/c18-15-10-16(21(22)23)17(19)13-7-9-20(11-14(13)15)8-6-12-4-2-1-3-5-12/h1-5,10H,6-9,11,19H2. The molecule has 1 heterocycles. The first-order valence-corrected chi connectivity index (χ1v) is 8.36. The van der Waals surface area contributed by atoms with Crippen molar-refractivity contribution in [3.8, 4) is 0 Å². The predicted octanol–water partition coefficient (Wildman–Crippen LogP) is 3.54. The summed E-state index contributed by atoms with van der Waals surface area (Å²) in [6, 6.07) is 11.9. The van der Waals surface area contributed by atoms with Crippen LogP contribution in [-0.4, -0.2) is 22.9 Å². The second-order valence-electron chi connectivity index (χ2n) is 5.77. The first-order chi connectivity index (χ1) is 11.1. The Kier molecular flexibility index (Phi) is 4.63. The highest BCUT2D eigenvalue weighted by atomic mass is 79.9. The number of benzene rings is 2. The number of hydrogen-bond donors (Lipinski definition) is 1. The summed E-state index contributed by atoms with van der Waals surface area (Å²) in [6.07, 6.45) is 1.74. The number of nitro groups is 1. The van der Waals surface area contributed by atoms with Gasteiger partial charge in [-0.05, 0) is 29.5 Å². The Bertz CT molecular complexity index is 734. The van der Waals surface area contributed by atoms with E-state index < -0.39 is 4.92 Å². The zero-order valence-corrected chi connectivity index (χ0v) is 14.3. The molecule has 0 aliphatic carbocycles. The molecular formula is C17H18BrN3O2. The Morgan fingerprint density at radius 3 is 2.70 bits per heavy atom. The van der Waals surface area contributed by atoms with Crippen molar-refractivity contribution in [1.82, 2.24) is 4.90 Å². The Labute approximate surface area is 143 Å². The summed E-state index contributed by atoms with van der Waals surface area (Å²) in [7, 11) is 0. The summed E-state index contributed by atoms with van der Waals surface area (Å²) >= 11 is 3.47. The van der Waals surface area contributed by atoms with Gasteiger partial charge in [-0.3, -0.25) is 15.0 Å². The van der Waals surface area contributed by atoms with Gasteiger partial charge in [-0.15, -0.1) is 0 Å². The smallest absolute Gasteiger partial charge is 0.293 e. The summed E-state index contributed by atoms with van der Waals surface area (Å²) in [4.78, 5) is 13.0. The number of anilines is 1. The molecule has 0 saturated heterocycles. The molecule has 1 aliphatic heterocycles. The Balaban J connectivity index is 1.76. The maximum atomic E-state index is 11.1. The molecule has 23 heavy (non-hydrogen) atoms. The molecule has 2 aromatic carbocycles. The van der Waals surface area contributed by atoms with Crippen LogP contribution in [0.2, 0.25) is 0 Å². The second kappa shape index (κ2) is 6.68. The van der Waals surface area contributed by atoms with Gasteiger partial charge in [-0.2, -0.15) is 0 Å². The van der Waals surface area contributed by atoms with Gasteiger partial charge in [0.25, 0.3) is 5.69 Å². The fourth-order valence-electron chi connectivity index (χ4n) is 3.05. The first kappa shape index (κ1) is 16.0. The molecule has 120 valence electrons. The lowest BCUT2D eigenvalue weighted by Crippen LogP contribution is -2.33. The lowest BCUT2D eigenvalue weighted by Gasteiger charge is -2.30. The second-order valence-corrected chi connectivity index (χ2v) is 6.62. The molecule has 5 nitrogen and oxygen atoms in total. The maximum absolute atomic E-state index is 11.1. The normalized spacial score (nSPS) is 14.5. The highest BCUT2D eigenvalue weighted by molar-refractivity contribution is 9.10. The third kappa shape index (κ3) is 3.38. The minimum absolute atomic E-state index is 0.00615. The maximum Gasteiger partial charge on any atom is 0.293 e. The molecule has 0 amide bonds. The van der Waals surface area contributed by atoms with Crippen molar-refractivity contribution in [1.29, 1.82) is 0 Å². The van der Waals surface area contributed by atoms with E-state index in [2.05, 4.69) is 45.1 Å². The van der Waals surface area contributed by atoms with E-state index in [1.807, 2.05) is 6.07 Å². The van der Waals surface area contributed by atoms with Crippen LogP contribution in [0.5, 0.6) is 0 Å². The summed E-state index contributed by atoms with van der Waals surface area (Å²) < 4.78 is 0.776. The largest absolute Gasteiger partial charge is 0.393 e. The summed E-state index contributed by atoms with van der Waals surface area (Å²) in [5, 5.41) is 11.1. The minimum Gasteiger partial charge on any atom is -0.393 e. The van der Waals surface area contributed by atoms with Gasteiger partial charge in [0.05, 0.1) is 4.92 Å². The van der Waals surface area contributed by atoms with Gasteiger partial charge in [0.1, 0.15) is 5.69 Å². The number of fused-ring (bicyclic) bond motifs is 1. The third-order valence-corrected chi connectivity index (χ3v) is 5.04. The van der Waals surface area contributed by atoms with Crippen molar-refractivity contribution in [2.45, 2.75) is 19.4 Å². The zero-order chi connectivity index (χ0) is 16.4. The van der Waals surface area contributed by atoms with E-state index in [0.717, 1.165) is 48.1 Å². The number of halogens is 1. The van der Waals surface area contributed by atoms with Crippen LogP contribution in [-0.2, 0) is 19.4 Å². The predicted molar refractivity (Wildman–Crippen MR) is 94.3 cm³/mol. The van der Waals surface area contributed by atoms with Crippen LogP contribution in [0.1, 0.15) is 16.7 Å². The number of rotatable bonds is 4. The van der Waals surface area contributed by atoms with Crippen molar-refractivity contribution < 1.29 is 4.92 Å². The first-order valence-electron chi connectivity index (χ1n) is 7.56. The van der Waals surface area contributed by atoms with Gasteiger partial charge < -0.3 is 5.73 Å². The van der Waals surface area contributed by atoms with Gasteiger partial charge in [0.2, 0.25) is 0 Å². The summed E-state index contributed by atoms with van der Waals surface area (Å²) in [5.41, 5.74) is 9.63. The van der Waals surface area contributed by atoms with Gasteiger partial charge in [-0.25, -0.2) is 0 Å². The third-order valence-electron chi connectivity index (χ3n) is 4.33. The van der Waals surface area contributed by atoms with Crippen LogP contribution < -0.4 is 5.73 Å². The number of nitro benzene ring substituents is 1. The van der Waals surface area contributed by atoms with Gasteiger partial charge in [0, 0.05) is 30.2 Å². The Morgan fingerprint density at radius 2 is 2.00 bits per heavy atom. The molecule has 0 fully saturated rings. The van der Waals surface area contributed by atoms with E-state index in [9.17, 15) is 10.1 Å². The van der Waals surface area contributed by atoms with E-state index in [4.69, 9.17) is 5.73 Å². The fraction of sp³-hybridized carbons (Fsp3) is 0.294. The van der Waals surface area contributed by atoms with Gasteiger partial charge in [0.15, 0.2) is 0 Å². The monoisotopic (exact) mass is 375 g/mol. The lowest BCUT2D eigenvalue weighted by atomic mass is 9.96. The average molecular weight is 376 g/mol. The highest BCUT2D eigenvalue weighted by Gasteiger charge is 2.26. The van der Waals surface area contributed by atoms with E-state index >= 15 is 0 Å². The van der Waals surface area contributed by atoms with E-state index in [1.165, 1.54) is 11.6 Å². The van der Waals surface area contributed by atoms with Crippen molar-refractivity contribution in [2.75, 3.05) is 18.8 Å². The fourth-order valence-corrected chi connectivity index (χ4v) is 3.63. The number of hydrogen-bond acceptors (Lipinski definition) is 4. The Morgan fingerprint density at radius 1 is 1.26 bits per heavy atom. The van der Waals surface area contributed by atoms with Crippen molar-refractivity contribution in [3.05, 3.63) is 67.7 Å². The molecule has 3 rings (SSSR count). The van der Waals surface area contributed by atoms with E-state index in [-0.39, 0.29) is 5.69 Å². The Hall–Kier alpha value is -1.92. The van der Waals surface area contributed by atoms with Crippen molar-refractivity contribution >= 4 is 27.3 Å². The number of nitrogens with zero attached hydrogens (tertiary/aromatic N) is 2. The molecule has 0 radical (unpaired) electrons. The molecule has 0 bridgehead atoms. The summed E-state index contributed by atoms with van der Waals surface area (Å²) in [6.45, 7) is 2.61. The zero-order valence-electron chi connectivity index (χ0n) is 12.7. The molecule has 6 heteroatoms. The molecule has 0 atom stereocenters. The highest BCUT2D eigenvalue weighted by Crippen LogP contribution is 2.37. The van der Waals surface area contributed by atoms with Crippen molar-refractivity contribution in [3.63, 3.8) is 0 Å². The summed E-state index contributed by atoms with van der Waals surface area (Å²) in [5.74, 6) is 0. The van der Waals surface area contributed by atoms with Crippen LogP contribution in [0, 0.1) is 10.1 Å². The van der Waals surface area contributed by atoms with Crippen LogP contribution in [0.3, 0.4) is 0 Å². The topological polar surface area (TPSA) is 72.4 Å². The molecule has 0 saturated carbocycles. The lowest BCUT2D eigenvalue weighted by molar-refractivity contribution is -0.384. The molecule has 1 aliphatic rings. The van der Waals surface area contributed by atoms with Crippen LogP contribution in [0.15, 0.2) is 40.9 Å². The number of nitrogen functional groups attached to an aromatic ring is 1. The average Bonchev–Trinajstić information content (AvgIpc) is 2.57. The quantitative estimate of drug-likeness (QED) is 0.503. The van der Waals surface area contributed by atoms with E-state index in [1.54, 1.807) is 0 Å². The number of nitrogens with two attached hydrogens (primary N) is 1. The molecule has 0 spiro atoms.